The lowest BCUT2D eigenvalue weighted by molar-refractivity contribution is 0.102. The van der Waals surface area contributed by atoms with Gasteiger partial charge >= 0.3 is 0 Å². The van der Waals surface area contributed by atoms with E-state index in [1.54, 1.807) is 24.3 Å². The van der Waals surface area contributed by atoms with E-state index < -0.39 is 0 Å². The lowest BCUT2D eigenvalue weighted by Crippen LogP contribution is -2.12. The van der Waals surface area contributed by atoms with Crippen molar-refractivity contribution in [2.45, 2.75) is 46.0 Å². The van der Waals surface area contributed by atoms with Crippen LogP contribution in [0.5, 0.6) is 11.5 Å². The summed E-state index contributed by atoms with van der Waals surface area (Å²) >= 11 is 0. The van der Waals surface area contributed by atoms with E-state index in [0.29, 0.717) is 25.4 Å². The topological polar surface area (TPSA) is 56.8 Å². The predicted molar refractivity (Wildman–Crippen MR) is 117 cm³/mol. The molecule has 1 amide bonds. The number of carbonyl (C=O) groups excluding carboxylic acids is 1. The first-order chi connectivity index (χ1) is 14.2. The third-order valence-corrected chi connectivity index (χ3v) is 4.45. The number of benzene rings is 2. The van der Waals surface area contributed by atoms with Crippen molar-refractivity contribution in [2.24, 2.45) is 0 Å². The molecule has 0 radical (unpaired) electrons. The third kappa shape index (κ3) is 9.01. The fourth-order valence-corrected chi connectivity index (χ4v) is 2.80. The number of hydrogen-bond donors (Lipinski definition) is 1. The highest BCUT2D eigenvalue weighted by atomic mass is 16.5. The van der Waals surface area contributed by atoms with E-state index in [0.717, 1.165) is 30.2 Å². The van der Waals surface area contributed by atoms with Gasteiger partial charge in [0.25, 0.3) is 5.91 Å². The van der Waals surface area contributed by atoms with Crippen molar-refractivity contribution in [3.8, 4) is 11.5 Å². The van der Waals surface area contributed by atoms with Crippen LogP contribution in [0.15, 0.2) is 48.5 Å². The van der Waals surface area contributed by atoms with E-state index in [1.165, 1.54) is 25.7 Å². The molecule has 0 aromatic heterocycles. The molecule has 158 valence electrons. The molecule has 0 heterocycles. The molecule has 2 rings (SSSR count). The first-order valence-electron chi connectivity index (χ1n) is 10.6. The third-order valence-electron chi connectivity index (χ3n) is 4.45. The first-order valence-corrected chi connectivity index (χ1v) is 10.6. The zero-order valence-electron chi connectivity index (χ0n) is 17.6. The zero-order chi connectivity index (χ0) is 20.7. The molecule has 2 aromatic carbocycles. The van der Waals surface area contributed by atoms with Crippen molar-refractivity contribution in [1.29, 1.82) is 0 Å². The van der Waals surface area contributed by atoms with Crippen LogP contribution in [0.25, 0.3) is 0 Å². The second kappa shape index (κ2) is 13.6. The number of rotatable bonds is 14. The van der Waals surface area contributed by atoms with Crippen molar-refractivity contribution in [3.05, 3.63) is 54.1 Å². The molecule has 5 heteroatoms. The fraction of sp³-hybridized carbons (Fsp3) is 0.458. The SMILES string of the molecule is CCCCCCCOc1ccc(NC(=O)c2ccc(OCCOCC)cc2)cc1. The zero-order valence-corrected chi connectivity index (χ0v) is 17.6. The van der Waals surface area contributed by atoms with Crippen LogP contribution in [0.3, 0.4) is 0 Å². The van der Waals surface area contributed by atoms with E-state index in [1.807, 2.05) is 31.2 Å². The Hall–Kier alpha value is -2.53. The van der Waals surface area contributed by atoms with Crippen molar-refractivity contribution in [2.75, 3.05) is 31.7 Å². The van der Waals surface area contributed by atoms with Crippen LogP contribution in [0.2, 0.25) is 0 Å². The number of ether oxygens (including phenoxy) is 3. The summed E-state index contributed by atoms with van der Waals surface area (Å²) in [5.41, 5.74) is 1.32. The van der Waals surface area contributed by atoms with Gasteiger partial charge in [0, 0.05) is 17.9 Å². The van der Waals surface area contributed by atoms with Crippen molar-refractivity contribution < 1.29 is 19.0 Å². The van der Waals surface area contributed by atoms with Crippen LogP contribution in [0.1, 0.15) is 56.3 Å². The minimum Gasteiger partial charge on any atom is -0.494 e. The largest absolute Gasteiger partial charge is 0.494 e. The number of amides is 1. The van der Waals surface area contributed by atoms with Crippen LogP contribution in [-0.4, -0.2) is 32.3 Å². The van der Waals surface area contributed by atoms with Gasteiger partial charge in [0.1, 0.15) is 18.1 Å². The molecular formula is C24H33NO4. The highest BCUT2D eigenvalue weighted by Crippen LogP contribution is 2.18. The molecule has 1 N–H and O–H groups in total. The van der Waals surface area contributed by atoms with E-state index in [4.69, 9.17) is 14.2 Å². The quantitative estimate of drug-likeness (QED) is 0.414. The minimum absolute atomic E-state index is 0.157. The Morgan fingerprint density at radius 3 is 2.03 bits per heavy atom. The molecule has 29 heavy (non-hydrogen) atoms. The molecule has 0 saturated carbocycles. The van der Waals surface area contributed by atoms with Gasteiger partial charge in [-0.1, -0.05) is 32.6 Å². The van der Waals surface area contributed by atoms with Gasteiger partial charge in [-0.25, -0.2) is 0 Å². The summed E-state index contributed by atoms with van der Waals surface area (Å²) in [5.74, 6) is 1.39. The van der Waals surface area contributed by atoms with Gasteiger partial charge < -0.3 is 19.5 Å². The van der Waals surface area contributed by atoms with Gasteiger partial charge in [0.2, 0.25) is 0 Å². The molecule has 0 unspecified atom stereocenters. The van der Waals surface area contributed by atoms with Gasteiger partial charge in [0.05, 0.1) is 13.2 Å². The Balaban J connectivity index is 1.74. The Morgan fingerprint density at radius 2 is 1.38 bits per heavy atom. The van der Waals surface area contributed by atoms with E-state index >= 15 is 0 Å². The van der Waals surface area contributed by atoms with Crippen LogP contribution in [0.4, 0.5) is 5.69 Å². The highest BCUT2D eigenvalue weighted by Gasteiger charge is 2.07. The Kier molecular flexibility index (Phi) is 10.7. The number of unbranched alkanes of at least 4 members (excludes halogenated alkanes) is 4. The van der Waals surface area contributed by atoms with Gasteiger partial charge in [-0.3, -0.25) is 4.79 Å². The maximum atomic E-state index is 12.4. The predicted octanol–water partition coefficient (Wildman–Crippen LogP) is 5.70. The second-order valence-electron chi connectivity index (χ2n) is 6.81. The van der Waals surface area contributed by atoms with Crippen LogP contribution >= 0.6 is 0 Å². The molecule has 0 atom stereocenters. The summed E-state index contributed by atoms with van der Waals surface area (Å²) in [6, 6.07) is 14.6. The highest BCUT2D eigenvalue weighted by molar-refractivity contribution is 6.04. The smallest absolute Gasteiger partial charge is 0.255 e. The Morgan fingerprint density at radius 1 is 0.759 bits per heavy atom. The number of anilines is 1. The summed E-state index contributed by atoms with van der Waals surface area (Å²) in [6.07, 6.45) is 6.09. The minimum atomic E-state index is -0.157. The van der Waals surface area contributed by atoms with Crippen molar-refractivity contribution in [1.82, 2.24) is 0 Å². The summed E-state index contributed by atoms with van der Waals surface area (Å²) in [7, 11) is 0. The maximum Gasteiger partial charge on any atom is 0.255 e. The van der Waals surface area contributed by atoms with Crippen molar-refractivity contribution in [3.63, 3.8) is 0 Å². The summed E-state index contributed by atoms with van der Waals surface area (Å²) in [4.78, 5) is 12.4. The van der Waals surface area contributed by atoms with Gasteiger partial charge in [-0.15, -0.1) is 0 Å². The molecule has 0 saturated heterocycles. The van der Waals surface area contributed by atoms with E-state index in [-0.39, 0.29) is 5.91 Å². The molecule has 0 aliphatic carbocycles. The molecule has 0 fully saturated rings. The first kappa shape index (κ1) is 22.8. The Bertz CT molecular complexity index is 698. The average Bonchev–Trinajstić information content (AvgIpc) is 2.75. The molecule has 2 aromatic rings. The lowest BCUT2D eigenvalue weighted by Gasteiger charge is -2.09. The van der Waals surface area contributed by atoms with E-state index in [2.05, 4.69) is 12.2 Å². The van der Waals surface area contributed by atoms with E-state index in [9.17, 15) is 4.79 Å². The standard InChI is InChI=1S/C24H33NO4/c1-3-5-6-7-8-17-28-23-15-11-21(12-16-23)25-24(26)20-9-13-22(14-10-20)29-19-18-27-4-2/h9-16H,3-8,17-19H2,1-2H3,(H,25,26). The summed E-state index contributed by atoms with van der Waals surface area (Å²) in [6.45, 7) is 6.61. The molecule has 0 spiro atoms. The second-order valence-corrected chi connectivity index (χ2v) is 6.81. The number of carbonyl (C=O) groups is 1. The summed E-state index contributed by atoms with van der Waals surface area (Å²) in [5, 5.41) is 2.90. The molecule has 0 bridgehead atoms. The lowest BCUT2D eigenvalue weighted by atomic mass is 10.2. The van der Waals surface area contributed by atoms with Gasteiger partial charge in [-0.05, 0) is 61.9 Å². The molecule has 0 aliphatic heterocycles. The average molecular weight is 400 g/mol. The fourth-order valence-electron chi connectivity index (χ4n) is 2.80. The molecule has 5 nitrogen and oxygen atoms in total. The Labute approximate surface area is 174 Å². The molecule has 0 aliphatic rings. The maximum absolute atomic E-state index is 12.4. The molecular weight excluding hydrogens is 366 g/mol. The van der Waals surface area contributed by atoms with Crippen LogP contribution in [-0.2, 0) is 4.74 Å². The van der Waals surface area contributed by atoms with Crippen molar-refractivity contribution >= 4 is 11.6 Å². The van der Waals surface area contributed by atoms with Crippen LogP contribution < -0.4 is 14.8 Å². The normalized spacial score (nSPS) is 10.6. The monoisotopic (exact) mass is 399 g/mol. The van der Waals surface area contributed by atoms with Gasteiger partial charge in [0.15, 0.2) is 0 Å². The van der Waals surface area contributed by atoms with Crippen LogP contribution in [0, 0.1) is 0 Å². The number of nitrogens with one attached hydrogen (secondary N) is 1. The number of hydrogen-bond acceptors (Lipinski definition) is 4. The summed E-state index contributed by atoms with van der Waals surface area (Å²) < 4.78 is 16.6. The van der Waals surface area contributed by atoms with Gasteiger partial charge in [-0.2, -0.15) is 0 Å².